The van der Waals surface area contributed by atoms with Crippen molar-refractivity contribution >= 4 is 5.97 Å². The zero-order chi connectivity index (χ0) is 12.4. The minimum Gasteiger partial charge on any atom is -0.494 e. The standard InChI is InChI=1S/C13H15FO3/c1-17-11-6-5-9(7-10(11)14)12(13(15)16)8-3-2-4-8/h5-8,12H,2-4H2,1H3,(H,15,16). The first-order chi connectivity index (χ1) is 8.13. The predicted octanol–water partition coefficient (Wildman–Crippen LogP) is 2.80. The van der Waals surface area contributed by atoms with Gasteiger partial charge in [0.2, 0.25) is 0 Å². The first-order valence-electron chi connectivity index (χ1n) is 5.69. The molecule has 0 spiro atoms. The fraction of sp³-hybridized carbons (Fsp3) is 0.462. The van der Waals surface area contributed by atoms with Crippen LogP contribution in [0, 0.1) is 11.7 Å². The van der Waals surface area contributed by atoms with Crippen LogP contribution >= 0.6 is 0 Å². The minimum absolute atomic E-state index is 0.139. The molecule has 0 amide bonds. The summed E-state index contributed by atoms with van der Waals surface area (Å²) in [7, 11) is 1.39. The van der Waals surface area contributed by atoms with Crippen LogP contribution in [0.15, 0.2) is 18.2 Å². The Morgan fingerprint density at radius 2 is 2.24 bits per heavy atom. The summed E-state index contributed by atoms with van der Waals surface area (Å²) in [6.45, 7) is 0. The van der Waals surface area contributed by atoms with Crippen molar-refractivity contribution in [2.24, 2.45) is 5.92 Å². The van der Waals surface area contributed by atoms with Gasteiger partial charge in [-0.15, -0.1) is 0 Å². The lowest BCUT2D eigenvalue weighted by Crippen LogP contribution is -2.26. The molecule has 1 fully saturated rings. The van der Waals surface area contributed by atoms with E-state index in [0.29, 0.717) is 5.56 Å². The van der Waals surface area contributed by atoms with Gasteiger partial charge in [0.25, 0.3) is 0 Å². The van der Waals surface area contributed by atoms with Crippen molar-refractivity contribution < 1.29 is 19.0 Å². The van der Waals surface area contributed by atoms with Crippen LogP contribution in [0.4, 0.5) is 4.39 Å². The molecule has 0 radical (unpaired) electrons. The Morgan fingerprint density at radius 3 is 2.65 bits per heavy atom. The largest absolute Gasteiger partial charge is 0.494 e. The molecule has 0 aromatic heterocycles. The van der Waals surface area contributed by atoms with E-state index in [-0.39, 0.29) is 11.7 Å². The third-order valence-corrected chi connectivity index (χ3v) is 3.42. The fourth-order valence-electron chi connectivity index (χ4n) is 2.27. The van der Waals surface area contributed by atoms with E-state index >= 15 is 0 Å². The van der Waals surface area contributed by atoms with Crippen LogP contribution in [0.1, 0.15) is 30.7 Å². The molecule has 1 aliphatic carbocycles. The number of benzene rings is 1. The number of carboxylic acid groups (broad SMARTS) is 1. The predicted molar refractivity (Wildman–Crippen MR) is 60.7 cm³/mol. The molecular formula is C13H15FO3. The highest BCUT2D eigenvalue weighted by molar-refractivity contribution is 5.76. The molecule has 1 atom stereocenters. The molecular weight excluding hydrogens is 223 g/mol. The summed E-state index contributed by atoms with van der Waals surface area (Å²) < 4.78 is 18.4. The van der Waals surface area contributed by atoms with Gasteiger partial charge in [-0.05, 0) is 36.5 Å². The van der Waals surface area contributed by atoms with Gasteiger partial charge in [0.15, 0.2) is 11.6 Å². The molecule has 4 heteroatoms. The number of halogens is 1. The van der Waals surface area contributed by atoms with Gasteiger partial charge in [0.1, 0.15) is 0 Å². The van der Waals surface area contributed by atoms with Crippen LogP contribution in [-0.2, 0) is 4.79 Å². The molecule has 1 unspecified atom stereocenters. The van der Waals surface area contributed by atoms with Crippen molar-refractivity contribution in [2.75, 3.05) is 7.11 Å². The van der Waals surface area contributed by atoms with E-state index in [4.69, 9.17) is 4.74 Å². The summed E-state index contributed by atoms with van der Waals surface area (Å²) in [5, 5.41) is 9.23. The van der Waals surface area contributed by atoms with Crippen molar-refractivity contribution in [1.29, 1.82) is 0 Å². The second-order valence-corrected chi connectivity index (χ2v) is 4.40. The van der Waals surface area contributed by atoms with Crippen LogP contribution < -0.4 is 4.74 Å². The summed E-state index contributed by atoms with van der Waals surface area (Å²) in [6.07, 6.45) is 2.88. The lowest BCUT2D eigenvalue weighted by Gasteiger charge is -2.31. The first kappa shape index (κ1) is 11.9. The number of ether oxygens (including phenoxy) is 1. The summed E-state index contributed by atoms with van der Waals surface area (Å²) in [5.41, 5.74) is 0.528. The molecule has 17 heavy (non-hydrogen) atoms. The van der Waals surface area contributed by atoms with Gasteiger partial charge in [0.05, 0.1) is 13.0 Å². The lowest BCUT2D eigenvalue weighted by molar-refractivity contribution is -0.141. The molecule has 92 valence electrons. The molecule has 1 aromatic carbocycles. The Labute approximate surface area is 99.2 Å². The van der Waals surface area contributed by atoms with E-state index in [9.17, 15) is 14.3 Å². The molecule has 2 rings (SSSR count). The smallest absolute Gasteiger partial charge is 0.311 e. The van der Waals surface area contributed by atoms with Gasteiger partial charge >= 0.3 is 5.97 Å². The van der Waals surface area contributed by atoms with Crippen molar-refractivity contribution in [1.82, 2.24) is 0 Å². The van der Waals surface area contributed by atoms with Crippen molar-refractivity contribution in [3.05, 3.63) is 29.6 Å². The monoisotopic (exact) mass is 238 g/mol. The normalized spacial score (nSPS) is 17.3. The SMILES string of the molecule is COc1ccc(C(C(=O)O)C2CCC2)cc1F. The average molecular weight is 238 g/mol. The number of rotatable bonds is 4. The Bertz CT molecular complexity index is 427. The molecule has 0 saturated heterocycles. The fourth-order valence-corrected chi connectivity index (χ4v) is 2.27. The van der Waals surface area contributed by atoms with Gasteiger partial charge in [-0.25, -0.2) is 4.39 Å². The topological polar surface area (TPSA) is 46.5 Å². The van der Waals surface area contributed by atoms with Crippen molar-refractivity contribution in [3.8, 4) is 5.75 Å². The molecule has 1 N–H and O–H groups in total. The second kappa shape index (κ2) is 4.73. The van der Waals surface area contributed by atoms with Gasteiger partial charge in [-0.1, -0.05) is 12.5 Å². The van der Waals surface area contributed by atoms with E-state index < -0.39 is 17.7 Å². The maximum atomic E-state index is 13.5. The van der Waals surface area contributed by atoms with E-state index in [1.807, 2.05) is 0 Å². The lowest BCUT2D eigenvalue weighted by atomic mass is 9.73. The number of methoxy groups -OCH3 is 1. The Balaban J connectivity index is 2.29. The first-order valence-corrected chi connectivity index (χ1v) is 5.69. The Hall–Kier alpha value is -1.58. The Kier molecular flexibility index (Phi) is 3.31. The highest BCUT2D eigenvalue weighted by atomic mass is 19.1. The molecule has 0 heterocycles. The maximum absolute atomic E-state index is 13.5. The third-order valence-electron chi connectivity index (χ3n) is 3.42. The average Bonchev–Trinajstić information content (AvgIpc) is 2.22. The minimum atomic E-state index is -0.876. The van der Waals surface area contributed by atoms with Crippen molar-refractivity contribution in [2.45, 2.75) is 25.2 Å². The molecule has 3 nitrogen and oxygen atoms in total. The Morgan fingerprint density at radius 1 is 1.53 bits per heavy atom. The van der Waals surface area contributed by atoms with Crippen LogP contribution in [0.2, 0.25) is 0 Å². The highest BCUT2D eigenvalue weighted by Gasteiger charge is 2.34. The van der Waals surface area contributed by atoms with E-state index in [1.165, 1.54) is 19.2 Å². The van der Waals surface area contributed by atoms with Crippen LogP contribution in [0.25, 0.3) is 0 Å². The summed E-state index contributed by atoms with van der Waals surface area (Å²) >= 11 is 0. The number of aliphatic carboxylic acids is 1. The van der Waals surface area contributed by atoms with Gasteiger partial charge in [-0.3, -0.25) is 4.79 Å². The van der Waals surface area contributed by atoms with E-state index in [1.54, 1.807) is 6.07 Å². The summed E-state index contributed by atoms with van der Waals surface area (Å²) in [6, 6.07) is 4.40. The van der Waals surface area contributed by atoms with Gasteiger partial charge in [0, 0.05) is 0 Å². The van der Waals surface area contributed by atoms with Gasteiger partial charge in [-0.2, -0.15) is 0 Å². The van der Waals surface area contributed by atoms with Crippen LogP contribution in [0.3, 0.4) is 0 Å². The number of hydrogen-bond donors (Lipinski definition) is 1. The zero-order valence-corrected chi connectivity index (χ0v) is 9.65. The second-order valence-electron chi connectivity index (χ2n) is 4.40. The zero-order valence-electron chi connectivity index (χ0n) is 9.65. The van der Waals surface area contributed by atoms with Gasteiger partial charge < -0.3 is 9.84 Å². The molecule has 0 bridgehead atoms. The molecule has 0 aliphatic heterocycles. The maximum Gasteiger partial charge on any atom is 0.311 e. The number of carboxylic acids is 1. The van der Waals surface area contributed by atoms with Crippen molar-refractivity contribution in [3.63, 3.8) is 0 Å². The number of hydrogen-bond acceptors (Lipinski definition) is 2. The van der Waals surface area contributed by atoms with E-state index in [2.05, 4.69) is 0 Å². The molecule has 1 aliphatic rings. The van der Waals surface area contributed by atoms with Crippen LogP contribution in [-0.4, -0.2) is 18.2 Å². The quantitative estimate of drug-likeness (QED) is 0.877. The van der Waals surface area contributed by atoms with E-state index in [0.717, 1.165) is 19.3 Å². The number of carbonyl (C=O) groups is 1. The summed E-state index contributed by atoms with van der Waals surface area (Å²) in [5.74, 6) is -1.69. The molecule has 1 saturated carbocycles. The summed E-state index contributed by atoms with van der Waals surface area (Å²) in [4.78, 5) is 11.2. The van der Waals surface area contributed by atoms with Crippen LogP contribution in [0.5, 0.6) is 5.75 Å². The molecule has 1 aromatic rings. The third kappa shape index (κ3) is 2.25. The highest BCUT2D eigenvalue weighted by Crippen LogP contribution is 2.40.